The highest BCUT2D eigenvalue weighted by Crippen LogP contribution is 2.46. The zero-order chi connectivity index (χ0) is 36.3. The van der Waals surface area contributed by atoms with Crippen LogP contribution in [0, 0.1) is 17.8 Å². The van der Waals surface area contributed by atoms with Gasteiger partial charge in [-0.2, -0.15) is 0 Å². The van der Waals surface area contributed by atoms with Gasteiger partial charge in [-0.05, 0) is 161 Å². The summed E-state index contributed by atoms with van der Waals surface area (Å²) < 4.78 is 18.9. The van der Waals surface area contributed by atoms with Crippen LogP contribution in [-0.4, -0.2) is 12.7 Å². The van der Waals surface area contributed by atoms with Gasteiger partial charge in [0.15, 0.2) is 0 Å². The van der Waals surface area contributed by atoms with Crippen LogP contribution in [-0.2, 0) is 0 Å². The minimum Gasteiger partial charge on any atom is -0.493 e. The lowest BCUT2D eigenvalue weighted by atomic mass is 9.79. The molecule has 0 aromatic heterocycles. The summed E-state index contributed by atoms with van der Waals surface area (Å²) in [6.45, 7) is 9.85. The van der Waals surface area contributed by atoms with E-state index in [-0.39, 0.29) is 0 Å². The van der Waals surface area contributed by atoms with E-state index in [1.54, 1.807) is 0 Å². The van der Waals surface area contributed by atoms with E-state index < -0.39 is 0 Å². The van der Waals surface area contributed by atoms with Crippen molar-refractivity contribution in [2.45, 2.75) is 90.1 Å². The van der Waals surface area contributed by atoms with Crippen molar-refractivity contribution in [3.8, 4) is 23.0 Å². The minimum atomic E-state index is 0.381. The van der Waals surface area contributed by atoms with E-state index in [2.05, 4.69) is 155 Å². The van der Waals surface area contributed by atoms with Crippen molar-refractivity contribution < 1.29 is 14.2 Å². The molecule has 0 amide bonds. The first-order valence-electron chi connectivity index (χ1n) is 20.0. The molecule has 0 heterocycles. The van der Waals surface area contributed by atoms with Crippen LogP contribution in [0.15, 0.2) is 127 Å². The number of rotatable bonds is 14. The summed E-state index contributed by atoms with van der Waals surface area (Å²) in [6.07, 6.45) is 7.86. The van der Waals surface area contributed by atoms with Crippen molar-refractivity contribution in [3.63, 3.8) is 0 Å². The van der Waals surface area contributed by atoms with Gasteiger partial charge in [-0.15, -0.1) is 0 Å². The van der Waals surface area contributed by atoms with Crippen LogP contribution < -0.4 is 14.2 Å². The van der Waals surface area contributed by atoms with E-state index in [1.807, 2.05) is 0 Å². The van der Waals surface area contributed by atoms with Gasteiger partial charge in [0.25, 0.3) is 0 Å². The lowest BCUT2D eigenvalue weighted by Gasteiger charge is -2.26. The molecule has 2 bridgehead atoms. The van der Waals surface area contributed by atoms with Crippen molar-refractivity contribution in [1.82, 2.24) is 0 Å². The Morgan fingerprint density at radius 3 is 1.81 bits per heavy atom. The van der Waals surface area contributed by atoms with Gasteiger partial charge in [-0.25, -0.2) is 0 Å². The second-order valence-electron chi connectivity index (χ2n) is 16.5. The second kappa shape index (κ2) is 15.7. The van der Waals surface area contributed by atoms with E-state index in [1.165, 1.54) is 63.9 Å². The molecule has 0 radical (unpaired) electrons. The van der Waals surface area contributed by atoms with E-state index in [4.69, 9.17) is 14.2 Å². The van der Waals surface area contributed by atoms with Gasteiger partial charge in [0.2, 0.25) is 0 Å². The third-order valence-corrected chi connectivity index (χ3v) is 12.0. The molecule has 2 saturated carbocycles. The number of fused-ring (bicyclic) bond motifs is 5. The third kappa shape index (κ3) is 8.25. The zero-order valence-corrected chi connectivity index (χ0v) is 31.8. The molecule has 3 heteroatoms. The maximum Gasteiger partial charge on any atom is 0.128 e. The standard InChI is InChI=1S/C50H54O3/c1-33(2)32-51-44-19-13-37(14-20-44)34(3)27-43(39-17-23-46(24-18-39)53-50-30-36-9-10-42(50)29-36)28-35(4)38-15-21-45(22-16-38)52-47-25-26-49-41(31-47)12-11-40-7-5-6-8-48(40)49/h5-8,11-26,31,33-36,42-43,50H,9-10,27-30,32H2,1-4H3. The fraction of sp³-hybridized carbons (Fsp3) is 0.360. The Morgan fingerprint density at radius 1 is 0.547 bits per heavy atom. The molecule has 0 spiro atoms. The fourth-order valence-electron chi connectivity index (χ4n) is 9.03. The SMILES string of the molecule is CC(C)COc1ccc(C(C)CC(CC(C)c2ccc(Oc3ccc4c(ccc5ccccc54)c3)cc2)c2ccc(OC3CC4CCC3C4)cc2)cc1. The Balaban J connectivity index is 0.962. The molecule has 6 atom stereocenters. The van der Waals surface area contributed by atoms with Crippen LogP contribution >= 0.6 is 0 Å². The average molecular weight is 703 g/mol. The fourth-order valence-corrected chi connectivity index (χ4v) is 9.03. The largest absolute Gasteiger partial charge is 0.493 e. The van der Waals surface area contributed by atoms with Crippen molar-refractivity contribution in [1.29, 1.82) is 0 Å². The maximum absolute atomic E-state index is 6.56. The van der Waals surface area contributed by atoms with Gasteiger partial charge in [-0.3, -0.25) is 0 Å². The summed E-state index contributed by atoms with van der Waals surface area (Å²) in [6, 6.07) is 46.0. The Kier molecular flexibility index (Phi) is 10.4. The topological polar surface area (TPSA) is 27.7 Å². The minimum absolute atomic E-state index is 0.381. The maximum atomic E-state index is 6.56. The van der Waals surface area contributed by atoms with Crippen LogP contribution in [0.5, 0.6) is 23.0 Å². The molecule has 53 heavy (non-hydrogen) atoms. The summed E-state index contributed by atoms with van der Waals surface area (Å²) >= 11 is 0. The highest BCUT2D eigenvalue weighted by atomic mass is 16.5. The molecular formula is C50H54O3. The van der Waals surface area contributed by atoms with Gasteiger partial charge < -0.3 is 14.2 Å². The van der Waals surface area contributed by atoms with Gasteiger partial charge in [-0.1, -0.05) is 107 Å². The predicted octanol–water partition coefficient (Wildman–Crippen LogP) is 13.9. The smallest absolute Gasteiger partial charge is 0.128 e. The molecule has 6 unspecified atom stereocenters. The van der Waals surface area contributed by atoms with Gasteiger partial charge in [0.05, 0.1) is 6.61 Å². The first kappa shape index (κ1) is 35.3. The summed E-state index contributed by atoms with van der Waals surface area (Å²) in [7, 11) is 0. The lowest BCUT2D eigenvalue weighted by molar-refractivity contribution is 0.138. The van der Waals surface area contributed by atoms with E-state index in [0.29, 0.717) is 29.8 Å². The van der Waals surface area contributed by atoms with Gasteiger partial charge >= 0.3 is 0 Å². The summed E-state index contributed by atoms with van der Waals surface area (Å²) in [4.78, 5) is 0. The Labute approximate surface area is 316 Å². The summed E-state index contributed by atoms with van der Waals surface area (Å²) in [5, 5.41) is 4.96. The van der Waals surface area contributed by atoms with Crippen LogP contribution in [0.1, 0.15) is 101 Å². The van der Waals surface area contributed by atoms with E-state index >= 15 is 0 Å². The first-order valence-corrected chi connectivity index (χ1v) is 20.0. The summed E-state index contributed by atoms with van der Waals surface area (Å²) in [5.74, 6) is 7.03. The predicted molar refractivity (Wildman–Crippen MR) is 220 cm³/mol. The van der Waals surface area contributed by atoms with Crippen LogP contribution in [0.4, 0.5) is 0 Å². The van der Waals surface area contributed by atoms with E-state index in [9.17, 15) is 0 Å². The molecule has 0 N–H and O–H groups in total. The van der Waals surface area contributed by atoms with E-state index in [0.717, 1.165) is 54.3 Å². The normalized spacial score (nSPS) is 19.8. The molecule has 272 valence electrons. The molecule has 0 aliphatic heterocycles. The van der Waals surface area contributed by atoms with Crippen molar-refractivity contribution in [2.75, 3.05) is 6.61 Å². The molecule has 8 rings (SSSR count). The number of benzene rings is 6. The Bertz CT molecular complexity index is 2110. The average Bonchev–Trinajstić information content (AvgIpc) is 3.81. The highest BCUT2D eigenvalue weighted by Gasteiger charge is 2.41. The van der Waals surface area contributed by atoms with Gasteiger partial charge in [0.1, 0.15) is 29.1 Å². The molecule has 0 saturated heterocycles. The number of hydrogen-bond donors (Lipinski definition) is 0. The van der Waals surface area contributed by atoms with Crippen LogP contribution in [0.3, 0.4) is 0 Å². The second-order valence-corrected chi connectivity index (χ2v) is 16.5. The van der Waals surface area contributed by atoms with Crippen molar-refractivity contribution in [3.05, 3.63) is 144 Å². The first-order chi connectivity index (χ1) is 25.8. The quantitative estimate of drug-likeness (QED) is 0.106. The molecule has 6 aromatic rings. The molecule has 6 aromatic carbocycles. The van der Waals surface area contributed by atoms with Crippen LogP contribution in [0.2, 0.25) is 0 Å². The monoisotopic (exact) mass is 702 g/mol. The Hall–Kier alpha value is -4.76. The molecule has 3 nitrogen and oxygen atoms in total. The molecule has 2 aliphatic carbocycles. The van der Waals surface area contributed by atoms with Gasteiger partial charge in [0, 0.05) is 0 Å². The highest BCUT2D eigenvalue weighted by molar-refractivity contribution is 6.07. The Morgan fingerprint density at radius 2 is 1.15 bits per heavy atom. The van der Waals surface area contributed by atoms with Crippen molar-refractivity contribution >= 4 is 21.5 Å². The molecular weight excluding hydrogens is 649 g/mol. The molecule has 2 fully saturated rings. The number of hydrogen-bond acceptors (Lipinski definition) is 3. The zero-order valence-electron chi connectivity index (χ0n) is 31.8. The third-order valence-electron chi connectivity index (χ3n) is 12.0. The van der Waals surface area contributed by atoms with Crippen molar-refractivity contribution in [2.24, 2.45) is 17.8 Å². The lowest BCUT2D eigenvalue weighted by Crippen LogP contribution is -2.23. The van der Waals surface area contributed by atoms with Crippen LogP contribution in [0.25, 0.3) is 21.5 Å². The number of ether oxygens (including phenoxy) is 3. The molecule has 2 aliphatic rings. The summed E-state index contributed by atoms with van der Waals surface area (Å²) in [5.41, 5.74) is 4.09.